The minimum Gasteiger partial charge on any atom is -0.469 e. The number of carbonyl (C=O) groups is 1. The van der Waals surface area contributed by atoms with Crippen LogP contribution in [0, 0.1) is 5.92 Å². The van der Waals surface area contributed by atoms with Gasteiger partial charge in [-0.2, -0.15) is 0 Å². The molecule has 0 radical (unpaired) electrons. The van der Waals surface area contributed by atoms with E-state index in [2.05, 4.69) is 11.3 Å². The minimum atomic E-state index is -0.195. The van der Waals surface area contributed by atoms with Crippen LogP contribution >= 0.6 is 0 Å². The van der Waals surface area contributed by atoms with E-state index in [9.17, 15) is 4.79 Å². The standard InChI is InChI=1S/C10H16O2/c1-4-6-8-9(7-5-2)10(11)12-3/h5-6,8-9H,2,4,7H2,1,3H3. The van der Waals surface area contributed by atoms with Gasteiger partial charge in [0.25, 0.3) is 0 Å². The van der Waals surface area contributed by atoms with Gasteiger partial charge in [0.15, 0.2) is 0 Å². The first-order valence-electron chi connectivity index (χ1n) is 4.11. The van der Waals surface area contributed by atoms with E-state index in [0.29, 0.717) is 6.42 Å². The van der Waals surface area contributed by atoms with E-state index in [-0.39, 0.29) is 11.9 Å². The SMILES string of the molecule is C=CCC(C=CCC)C(=O)OC. The number of hydrogen-bond acceptors (Lipinski definition) is 2. The molecule has 0 aliphatic heterocycles. The molecule has 0 aliphatic carbocycles. The predicted molar refractivity (Wildman–Crippen MR) is 49.8 cm³/mol. The Kier molecular flexibility index (Phi) is 6.07. The Morgan fingerprint density at radius 2 is 2.33 bits per heavy atom. The van der Waals surface area contributed by atoms with Crippen LogP contribution in [0.2, 0.25) is 0 Å². The Bertz CT molecular complexity index is 171. The van der Waals surface area contributed by atoms with Crippen molar-refractivity contribution in [2.24, 2.45) is 5.92 Å². The van der Waals surface area contributed by atoms with Crippen molar-refractivity contribution in [1.29, 1.82) is 0 Å². The van der Waals surface area contributed by atoms with Gasteiger partial charge in [-0.1, -0.05) is 25.2 Å². The van der Waals surface area contributed by atoms with Crippen molar-refractivity contribution >= 4 is 5.97 Å². The summed E-state index contributed by atoms with van der Waals surface area (Å²) in [6, 6.07) is 0. The van der Waals surface area contributed by atoms with Gasteiger partial charge < -0.3 is 4.74 Å². The molecule has 0 rings (SSSR count). The number of methoxy groups -OCH3 is 1. The lowest BCUT2D eigenvalue weighted by Crippen LogP contribution is -2.12. The average molecular weight is 168 g/mol. The fraction of sp³-hybridized carbons (Fsp3) is 0.500. The molecule has 0 aromatic heterocycles. The molecule has 0 aliphatic rings. The second-order valence-electron chi connectivity index (χ2n) is 2.49. The van der Waals surface area contributed by atoms with E-state index >= 15 is 0 Å². The van der Waals surface area contributed by atoms with Crippen molar-refractivity contribution in [3.63, 3.8) is 0 Å². The molecule has 0 amide bonds. The lowest BCUT2D eigenvalue weighted by atomic mass is 10.1. The fourth-order valence-corrected chi connectivity index (χ4v) is 0.885. The van der Waals surface area contributed by atoms with Gasteiger partial charge in [-0.15, -0.1) is 6.58 Å². The van der Waals surface area contributed by atoms with Crippen LogP contribution in [0.4, 0.5) is 0 Å². The molecule has 1 unspecified atom stereocenters. The highest BCUT2D eigenvalue weighted by Gasteiger charge is 2.12. The topological polar surface area (TPSA) is 26.3 Å². The summed E-state index contributed by atoms with van der Waals surface area (Å²) in [6.45, 7) is 5.61. The van der Waals surface area contributed by atoms with E-state index in [1.165, 1.54) is 7.11 Å². The van der Waals surface area contributed by atoms with Gasteiger partial charge in [0, 0.05) is 0 Å². The van der Waals surface area contributed by atoms with Crippen LogP contribution in [0.15, 0.2) is 24.8 Å². The molecular formula is C10H16O2. The van der Waals surface area contributed by atoms with Crippen LogP contribution in [-0.4, -0.2) is 13.1 Å². The number of hydrogen-bond donors (Lipinski definition) is 0. The summed E-state index contributed by atoms with van der Waals surface area (Å²) in [5, 5.41) is 0. The van der Waals surface area contributed by atoms with Crippen LogP contribution in [-0.2, 0) is 9.53 Å². The number of allylic oxidation sites excluding steroid dienone is 2. The molecule has 2 heteroatoms. The van der Waals surface area contributed by atoms with E-state index in [1.807, 2.05) is 19.1 Å². The third-order valence-electron chi connectivity index (χ3n) is 1.53. The van der Waals surface area contributed by atoms with Crippen molar-refractivity contribution in [3.05, 3.63) is 24.8 Å². The highest BCUT2D eigenvalue weighted by molar-refractivity contribution is 5.74. The average Bonchev–Trinajstić information content (AvgIpc) is 2.11. The molecule has 0 aromatic rings. The first kappa shape index (κ1) is 11.0. The molecule has 0 saturated heterocycles. The lowest BCUT2D eigenvalue weighted by molar-refractivity contribution is -0.143. The Labute approximate surface area is 73.9 Å². The second-order valence-corrected chi connectivity index (χ2v) is 2.49. The molecule has 12 heavy (non-hydrogen) atoms. The molecule has 0 bridgehead atoms. The van der Waals surface area contributed by atoms with Crippen LogP contribution in [0.25, 0.3) is 0 Å². The summed E-state index contributed by atoms with van der Waals surface area (Å²) in [6.07, 6.45) is 7.13. The number of esters is 1. The van der Waals surface area contributed by atoms with Crippen molar-refractivity contribution in [3.8, 4) is 0 Å². The minimum absolute atomic E-state index is 0.160. The van der Waals surface area contributed by atoms with Crippen LogP contribution in [0.1, 0.15) is 19.8 Å². The summed E-state index contributed by atoms with van der Waals surface area (Å²) in [5.74, 6) is -0.355. The Morgan fingerprint density at radius 1 is 1.67 bits per heavy atom. The third kappa shape index (κ3) is 3.96. The van der Waals surface area contributed by atoms with Gasteiger partial charge in [0.2, 0.25) is 0 Å². The molecule has 0 fully saturated rings. The van der Waals surface area contributed by atoms with Gasteiger partial charge >= 0.3 is 5.97 Å². The summed E-state index contributed by atoms with van der Waals surface area (Å²) >= 11 is 0. The lowest BCUT2D eigenvalue weighted by Gasteiger charge is -2.06. The van der Waals surface area contributed by atoms with Gasteiger partial charge in [-0.3, -0.25) is 4.79 Å². The van der Waals surface area contributed by atoms with Gasteiger partial charge in [-0.05, 0) is 12.8 Å². The summed E-state index contributed by atoms with van der Waals surface area (Å²) < 4.78 is 4.62. The number of rotatable bonds is 5. The van der Waals surface area contributed by atoms with Gasteiger partial charge in [0.1, 0.15) is 0 Å². The summed E-state index contributed by atoms with van der Waals surface area (Å²) in [5.41, 5.74) is 0. The normalized spacial score (nSPS) is 12.8. The molecule has 1 atom stereocenters. The quantitative estimate of drug-likeness (QED) is 0.465. The first-order valence-corrected chi connectivity index (χ1v) is 4.11. The van der Waals surface area contributed by atoms with Crippen molar-refractivity contribution in [1.82, 2.24) is 0 Å². The van der Waals surface area contributed by atoms with Crippen LogP contribution in [0.5, 0.6) is 0 Å². The number of carbonyl (C=O) groups excluding carboxylic acids is 1. The van der Waals surface area contributed by atoms with Gasteiger partial charge in [0.05, 0.1) is 13.0 Å². The Morgan fingerprint density at radius 3 is 2.75 bits per heavy atom. The highest BCUT2D eigenvalue weighted by Crippen LogP contribution is 2.08. The van der Waals surface area contributed by atoms with E-state index in [1.54, 1.807) is 6.08 Å². The molecule has 68 valence electrons. The molecular weight excluding hydrogens is 152 g/mol. The predicted octanol–water partition coefficient (Wildman–Crippen LogP) is 2.32. The molecule has 0 heterocycles. The summed E-state index contributed by atoms with van der Waals surface area (Å²) in [7, 11) is 1.40. The van der Waals surface area contributed by atoms with E-state index in [4.69, 9.17) is 0 Å². The van der Waals surface area contributed by atoms with Crippen molar-refractivity contribution in [2.45, 2.75) is 19.8 Å². The smallest absolute Gasteiger partial charge is 0.312 e. The third-order valence-corrected chi connectivity index (χ3v) is 1.53. The molecule has 0 aromatic carbocycles. The van der Waals surface area contributed by atoms with E-state index in [0.717, 1.165) is 6.42 Å². The fourth-order valence-electron chi connectivity index (χ4n) is 0.885. The molecule has 0 saturated carbocycles. The maximum absolute atomic E-state index is 11.1. The molecule has 2 nitrogen and oxygen atoms in total. The monoisotopic (exact) mass is 168 g/mol. The largest absolute Gasteiger partial charge is 0.469 e. The molecule has 0 spiro atoms. The zero-order valence-electron chi connectivity index (χ0n) is 7.75. The van der Waals surface area contributed by atoms with Crippen LogP contribution in [0.3, 0.4) is 0 Å². The van der Waals surface area contributed by atoms with E-state index < -0.39 is 0 Å². The zero-order chi connectivity index (χ0) is 9.40. The maximum atomic E-state index is 11.1. The van der Waals surface area contributed by atoms with Crippen LogP contribution < -0.4 is 0 Å². The molecule has 0 N–H and O–H groups in total. The Hall–Kier alpha value is -1.05. The van der Waals surface area contributed by atoms with Crippen molar-refractivity contribution < 1.29 is 9.53 Å². The zero-order valence-corrected chi connectivity index (χ0v) is 7.75. The summed E-state index contributed by atoms with van der Waals surface area (Å²) in [4.78, 5) is 11.1. The van der Waals surface area contributed by atoms with Crippen molar-refractivity contribution in [2.75, 3.05) is 7.11 Å². The maximum Gasteiger partial charge on any atom is 0.312 e. The van der Waals surface area contributed by atoms with Gasteiger partial charge in [-0.25, -0.2) is 0 Å². The number of ether oxygens (including phenoxy) is 1. The second kappa shape index (κ2) is 6.65. The highest BCUT2D eigenvalue weighted by atomic mass is 16.5. The Balaban J connectivity index is 4.11. The first-order chi connectivity index (χ1) is 5.76.